The van der Waals surface area contributed by atoms with Gasteiger partial charge in [-0.05, 0) is 71.8 Å². The van der Waals surface area contributed by atoms with E-state index in [4.69, 9.17) is 4.98 Å². The van der Waals surface area contributed by atoms with Gasteiger partial charge in [0.1, 0.15) is 20.4 Å². The van der Waals surface area contributed by atoms with Crippen molar-refractivity contribution >= 4 is 44.2 Å². The summed E-state index contributed by atoms with van der Waals surface area (Å²) in [6.07, 6.45) is 5.17. The molecule has 0 aliphatic heterocycles. The van der Waals surface area contributed by atoms with Crippen molar-refractivity contribution in [3.8, 4) is 16.3 Å². The van der Waals surface area contributed by atoms with Crippen LogP contribution in [0.3, 0.4) is 0 Å². The lowest BCUT2D eigenvalue weighted by Gasteiger charge is -2.21. The minimum atomic E-state index is -0.331. The van der Waals surface area contributed by atoms with Crippen molar-refractivity contribution in [2.75, 3.05) is 7.05 Å². The zero-order chi connectivity index (χ0) is 24.7. The highest BCUT2D eigenvalue weighted by molar-refractivity contribution is 9.10. The molecule has 0 saturated heterocycles. The quantitative estimate of drug-likeness (QED) is 0.369. The molecule has 4 aromatic rings. The van der Waals surface area contributed by atoms with E-state index in [-0.39, 0.29) is 17.9 Å². The van der Waals surface area contributed by atoms with Crippen molar-refractivity contribution in [1.29, 1.82) is 0 Å². The van der Waals surface area contributed by atoms with E-state index in [1.165, 1.54) is 11.3 Å². The van der Waals surface area contributed by atoms with Crippen LogP contribution in [0.2, 0.25) is 0 Å². The summed E-state index contributed by atoms with van der Waals surface area (Å²) in [5.74, 6) is 1.19. The molecule has 9 nitrogen and oxygen atoms in total. The van der Waals surface area contributed by atoms with Gasteiger partial charge in [0.25, 0.3) is 0 Å². The van der Waals surface area contributed by atoms with Crippen LogP contribution in [0.4, 0.5) is 0 Å². The van der Waals surface area contributed by atoms with Gasteiger partial charge < -0.3 is 10.4 Å². The molecule has 3 aromatic heterocycles. The third kappa shape index (κ3) is 4.48. The number of carbonyl (C=O) groups excluding carboxylic acids is 1. The Morgan fingerprint density at radius 3 is 2.91 bits per heavy atom. The van der Waals surface area contributed by atoms with Crippen LogP contribution in [0.25, 0.3) is 27.3 Å². The summed E-state index contributed by atoms with van der Waals surface area (Å²) in [4.78, 5) is 21.8. The van der Waals surface area contributed by atoms with E-state index in [9.17, 15) is 9.90 Å². The molecular formula is C24H26BrN7O2S. The molecule has 5 rings (SSSR count). The summed E-state index contributed by atoms with van der Waals surface area (Å²) in [6.45, 7) is 3.81. The number of benzene rings is 1. The second-order valence-corrected chi connectivity index (χ2v) is 11.2. The largest absolute Gasteiger partial charge is 0.392 e. The van der Waals surface area contributed by atoms with E-state index < -0.39 is 0 Å². The predicted octanol–water partition coefficient (Wildman–Crippen LogP) is 3.99. The number of fused-ring (bicyclic) bond motifs is 1. The minimum absolute atomic E-state index is 0.102. The molecule has 3 heterocycles. The van der Waals surface area contributed by atoms with E-state index in [0.29, 0.717) is 22.6 Å². The summed E-state index contributed by atoms with van der Waals surface area (Å²) >= 11 is 5.02. The number of hydrogen-bond donors (Lipinski definition) is 2. The van der Waals surface area contributed by atoms with Gasteiger partial charge in [0.05, 0.1) is 17.7 Å². The average molecular weight is 556 g/mol. The molecule has 35 heavy (non-hydrogen) atoms. The molecule has 1 aromatic carbocycles. The molecule has 0 bridgehead atoms. The zero-order valence-corrected chi connectivity index (χ0v) is 22.1. The molecule has 1 aliphatic rings. The lowest BCUT2D eigenvalue weighted by molar-refractivity contribution is -0.129. The number of nitrogens with zero attached hydrogens (tertiary/aromatic N) is 6. The smallest absolute Gasteiger partial charge is 0.225 e. The van der Waals surface area contributed by atoms with Gasteiger partial charge in [-0.1, -0.05) is 18.3 Å². The van der Waals surface area contributed by atoms with Crippen LogP contribution in [0.15, 0.2) is 29.0 Å². The molecule has 2 N–H and O–H groups in total. The number of halogens is 1. The highest BCUT2D eigenvalue weighted by Gasteiger charge is 2.40. The Hall–Kier alpha value is -2.76. The van der Waals surface area contributed by atoms with E-state index in [1.807, 2.05) is 32.0 Å². The van der Waals surface area contributed by atoms with Crippen LogP contribution in [0, 0.1) is 18.3 Å². The summed E-state index contributed by atoms with van der Waals surface area (Å²) in [5, 5.41) is 28.3. The summed E-state index contributed by atoms with van der Waals surface area (Å²) in [6, 6.07) is 5.78. The van der Waals surface area contributed by atoms with Gasteiger partial charge in [-0.15, -0.1) is 10.2 Å². The Kier molecular flexibility index (Phi) is 6.41. The Bertz CT molecular complexity index is 1420. The van der Waals surface area contributed by atoms with E-state index in [2.05, 4.69) is 41.5 Å². The van der Waals surface area contributed by atoms with Crippen molar-refractivity contribution in [1.82, 2.24) is 35.3 Å². The molecular weight excluding hydrogens is 530 g/mol. The number of aliphatic hydroxyl groups is 1. The topological polar surface area (TPSA) is 119 Å². The SMILES string of the molecule is CNC(=O)[C@]1(C)CC[C@@H](Cc2ncc3c(Br)nn(-c4ccc(-c5nnc(C)s5)c(CO)c4)c3n2)C1. The fourth-order valence-electron chi connectivity index (χ4n) is 4.94. The van der Waals surface area contributed by atoms with Crippen molar-refractivity contribution in [3.05, 3.63) is 45.4 Å². The first-order chi connectivity index (χ1) is 16.8. The predicted molar refractivity (Wildman–Crippen MR) is 137 cm³/mol. The maximum absolute atomic E-state index is 12.3. The first-order valence-corrected chi connectivity index (χ1v) is 13.1. The molecule has 0 radical (unpaired) electrons. The van der Waals surface area contributed by atoms with Crippen LogP contribution < -0.4 is 5.32 Å². The van der Waals surface area contributed by atoms with Crippen LogP contribution in [-0.4, -0.2) is 48.0 Å². The fourth-order valence-corrected chi connectivity index (χ4v) is 6.13. The molecule has 11 heteroatoms. The Labute approximate surface area is 215 Å². The summed E-state index contributed by atoms with van der Waals surface area (Å²) < 4.78 is 2.42. The molecule has 1 saturated carbocycles. The third-order valence-electron chi connectivity index (χ3n) is 6.78. The van der Waals surface area contributed by atoms with Crippen LogP contribution in [0.1, 0.15) is 42.6 Å². The Balaban J connectivity index is 1.47. The molecule has 0 unspecified atom stereocenters. The van der Waals surface area contributed by atoms with Crippen molar-refractivity contribution in [3.63, 3.8) is 0 Å². The first-order valence-electron chi connectivity index (χ1n) is 11.5. The zero-order valence-electron chi connectivity index (χ0n) is 19.7. The van der Waals surface area contributed by atoms with Gasteiger partial charge in [-0.3, -0.25) is 4.79 Å². The van der Waals surface area contributed by atoms with Gasteiger partial charge in [-0.25, -0.2) is 14.6 Å². The number of amides is 1. The number of aromatic nitrogens is 6. The van der Waals surface area contributed by atoms with Crippen molar-refractivity contribution in [2.24, 2.45) is 11.3 Å². The number of rotatable bonds is 6. The Morgan fingerprint density at radius 2 is 2.20 bits per heavy atom. The Morgan fingerprint density at radius 1 is 1.37 bits per heavy atom. The lowest BCUT2D eigenvalue weighted by Crippen LogP contribution is -2.35. The van der Waals surface area contributed by atoms with Gasteiger partial charge in [-0.2, -0.15) is 5.10 Å². The highest BCUT2D eigenvalue weighted by Crippen LogP contribution is 2.42. The standard InChI is InChI=1S/C24H26BrN7O2S/c1-13-29-30-22(35-13)17-5-4-16(9-15(17)12-33)32-21-18(20(25)31-32)11-27-19(28-21)8-14-6-7-24(2,10-14)23(34)26-3/h4-5,9,11,14,33H,6-8,10,12H2,1-3H3,(H,26,34)/t14-,24+/m0/s1. The molecule has 1 aliphatic carbocycles. The highest BCUT2D eigenvalue weighted by atomic mass is 79.9. The van der Waals surface area contributed by atoms with Gasteiger partial charge in [0.15, 0.2) is 5.65 Å². The monoisotopic (exact) mass is 555 g/mol. The number of carbonyl (C=O) groups is 1. The van der Waals surface area contributed by atoms with Crippen LogP contribution >= 0.6 is 27.3 Å². The minimum Gasteiger partial charge on any atom is -0.392 e. The number of aliphatic hydroxyl groups excluding tert-OH is 1. The number of aryl methyl sites for hydroxylation is 1. The average Bonchev–Trinajstić information content (AvgIpc) is 3.55. The maximum atomic E-state index is 12.3. The van der Waals surface area contributed by atoms with Crippen molar-refractivity contribution < 1.29 is 9.90 Å². The fraction of sp³-hybridized carbons (Fsp3) is 0.417. The second kappa shape index (κ2) is 9.36. The van der Waals surface area contributed by atoms with E-state index in [1.54, 1.807) is 17.9 Å². The summed E-state index contributed by atoms with van der Waals surface area (Å²) in [7, 11) is 1.70. The number of hydrogen-bond acceptors (Lipinski definition) is 8. The first kappa shape index (κ1) is 24.0. The third-order valence-corrected chi connectivity index (χ3v) is 8.24. The molecule has 2 atom stereocenters. The van der Waals surface area contributed by atoms with Gasteiger partial charge in [0, 0.05) is 30.6 Å². The summed E-state index contributed by atoms with van der Waals surface area (Å²) in [5.41, 5.74) is 2.74. The molecule has 0 spiro atoms. The molecule has 1 fully saturated rings. The molecule has 1 amide bonds. The molecule has 182 valence electrons. The van der Waals surface area contributed by atoms with Crippen molar-refractivity contribution in [2.45, 2.75) is 46.1 Å². The van der Waals surface area contributed by atoms with E-state index >= 15 is 0 Å². The van der Waals surface area contributed by atoms with Crippen LogP contribution in [-0.2, 0) is 17.8 Å². The number of nitrogens with one attached hydrogen (secondary N) is 1. The lowest BCUT2D eigenvalue weighted by atomic mass is 9.86. The normalized spacial score (nSPS) is 20.0. The second-order valence-electron chi connectivity index (χ2n) is 9.30. The van der Waals surface area contributed by atoms with E-state index in [0.717, 1.165) is 57.3 Å². The van der Waals surface area contributed by atoms with Gasteiger partial charge >= 0.3 is 0 Å². The van der Waals surface area contributed by atoms with Crippen LogP contribution in [0.5, 0.6) is 0 Å². The van der Waals surface area contributed by atoms with Gasteiger partial charge in [0.2, 0.25) is 5.91 Å². The maximum Gasteiger partial charge on any atom is 0.225 e.